The molecular weight excluding hydrogens is 385 g/mol. The number of carbonyl (C=O) groups is 2. The van der Waals surface area contributed by atoms with Crippen molar-refractivity contribution in [2.75, 3.05) is 0 Å². The fraction of sp³-hybridized carbons (Fsp3) is 0.222. The molecule has 0 saturated carbocycles. The lowest BCUT2D eigenvalue weighted by Crippen LogP contribution is -2.47. The number of nitrogens with one attached hydrogen (secondary N) is 1. The maximum Gasteiger partial charge on any atom is 0.416 e. The van der Waals surface area contributed by atoms with Gasteiger partial charge in [0.05, 0.1) is 5.56 Å². The van der Waals surface area contributed by atoms with Gasteiger partial charge in [0, 0.05) is 11.4 Å². The summed E-state index contributed by atoms with van der Waals surface area (Å²) in [6.45, 7) is 0. The molecule has 0 aliphatic rings. The van der Waals surface area contributed by atoms with E-state index in [9.17, 15) is 27.9 Å². The minimum atomic E-state index is -4.53. The lowest BCUT2D eigenvalue weighted by Gasteiger charge is -2.19. The molecule has 0 aliphatic heterocycles. The SMILES string of the molecule is NC(=O)[C@@H](Cc1ccccc1Cl)NC(=O)[C@@H](O)c1ccc(C(F)(F)F)cc1. The summed E-state index contributed by atoms with van der Waals surface area (Å²) in [7, 11) is 0. The molecule has 2 rings (SSSR count). The Morgan fingerprint density at radius 3 is 2.22 bits per heavy atom. The molecule has 2 aromatic carbocycles. The molecule has 0 spiro atoms. The van der Waals surface area contributed by atoms with Crippen LogP contribution in [0.5, 0.6) is 0 Å². The van der Waals surface area contributed by atoms with E-state index >= 15 is 0 Å². The topological polar surface area (TPSA) is 92.4 Å². The summed E-state index contributed by atoms with van der Waals surface area (Å²) in [5.74, 6) is -1.81. The number of carbonyl (C=O) groups excluding carboxylic acids is 2. The molecule has 0 bridgehead atoms. The van der Waals surface area contributed by atoms with Gasteiger partial charge < -0.3 is 16.2 Å². The lowest BCUT2D eigenvalue weighted by molar-refractivity contribution is -0.137. The van der Waals surface area contributed by atoms with E-state index in [1.807, 2.05) is 0 Å². The van der Waals surface area contributed by atoms with Crippen molar-refractivity contribution in [2.24, 2.45) is 5.73 Å². The van der Waals surface area contributed by atoms with Gasteiger partial charge in [-0.2, -0.15) is 13.2 Å². The molecule has 0 aromatic heterocycles. The fourth-order valence-corrected chi connectivity index (χ4v) is 2.58. The zero-order valence-corrected chi connectivity index (χ0v) is 14.6. The molecule has 2 atom stereocenters. The first-order valence-electron chi connectivity index (χ1n) is 7.78. The number of primary amides is 1. The number of aliphatic hydroxyl groups excluding tert-OH is 1. The first kappa shape index (κ1) is 20.7. The first-order chi connectivity index (χ1) is 12.6. The van der Waals surface area contributed by atoms with E-state index in [2.05, 4.69) is 5.32 Å². The highest BCUT2D eigenvalue weighted by Gasteiger charge is 2.31. The van der Waals surface area contributed by atoms with Gasteiger partial charge >= 0.3 is 6.18 Å². The molecule has 9 heteroatoms. The number of aliphatic hydroxyl groups is 1. The van der Waals surface area contributed by atoms with Crippen LogP contribution in [-0.2, 0) is 22.2 Å². The molecule has 0 heterocycles. The van der Waals surface area contributed by atoms with Gasteiger partial charge in [-0.3, -0.25) is 9.59 Å². The van der Waals surface area contributed by atoms with E-state index in [0.717, 1.165) is 24.3 Å². The predicted molar refractivity (Wildman–Crippen MR) is 92.7 cm³/mol. The third-order valence-electron chi connectivity index (χ3n) is 3.84. The van der Waals surface area contributed by atoms with E-state index in [1.54, 1.807) is 24.3 Å². The highest BCUT2D eigenvalue weighted by molar-refractivity contribution is 6.31. The van der Waals surface area contributed by atoms with Crippen LogP contribution in [-0.4, -0.2) is 23.0 Å². The van der Waals surface area contributed by atoms with Gasteiger partial charge in [-0.1, -0.05) is 41.9 Å². The van der Waals surface area contributed by atoms with E-state index < -0.39 is 35.7 Å². The normalized spacial score (nSPS) is 13.7. The van der Waals surface area contributed by atoms with Gasteiger partial charge in [0.25, 0.3) is 5.91 Å². The highest BCUT2D eigenvalue weighted by Crippen LogP contribution is 2.30. The van der Waals surface area contributed by atoms with Gasteiger partial charge in [-0.05, 0) is 29.3 Å². The van der Waals surface area contributed by atoms with E-state index in [-0.39, 0.29) is 12.0 Å². The molecule has 27 heavy (non-hydrogen) atoms. The second-order valence-corrected chi connectivity index (χ2v) is 6.19. The quantitative estimate of drug-likeness (QED) is 0.696. The summed E-state index contributed by atoms with van der Waals surface area (Å²) >= 11 is 6.01. The Labute approximate surface area is 157 Å². The number of nitrogens with two attached hydrogens (primary N) is 1. The van der Waals surface area contributed by atoms with Crippen molar-refractivity contribution in [3.05, 3.63) is 70.2 Å². The van der Waals surface area contributed by atoms with Crippen molar-refractivity contribution in [1.29, 1.82) is 0 Å². The number of alkyl halides is 3. The molecule has 0 unspecified atom stereocenters. The standard InChI is InChI=1S/C18H16ClF3N2O3/c19-13-4-2-1-3-11(13)9-14(16(23)26)24-17(27)15(25)10-5-7-12(8-6-10)18(20,21)22/h1-8,14-15,25H,9H2,(H2,23,26)(H,24,27)/t14-,15+/m1/s1. The van der Waals surface area contributed by atoms with Gasteiger partial charge in [0.2, 0.25) is 5.91 Å². The summed E-state index contributed by atoms with van der Waals surface area (Å²) in [6.07, 6.45) is -6.29. The minimum absolute atomic E-state index is 0.000474. The third kappa shape index (κ3) is 5.45. The predicted octanol–water partition coefficient (Wildman–Crippen LogP) is 2.61. The Hall–Kier alpha value is -2.58. The summed E-state index contributed by atoms with van der Waals surface area (Å²) in [6, 6.07) is 8.96. The molecule has 5 nitrogen and oxygen atoms in total. The first-order valence-corrected chi connectivity index (χ1v) is 8.15. The summed E-state index contributed by atoms with van der Waals surface area (Å²) < 4.78 is 37.7. The monoisotopic (exact) mass is 400 g/mol. The van der Waals surface area contributed by atoms with Crippen LogP contribution >= 0.6 is 11.6 Å². The van der Waals surface area contributed by atoms with Crippen LogP contribution in [0.1, 0.15) is 22.8 Å². The maximum atomic E-state index is 12.6. The van der Waals surface area contributed by atoms with Crippen LogP contribution in [0, 0.1) is 0 Å². The molecule has 0 saturated heterocycles. The van der Waals surface area contributed by atoms with Gasteiger partial charge in [-0.25, -0.2) is 0 Å². The van der Waals surface area contributed by atoms with Gasteiger partial charge in [-0.15, -0.1) is 0 Å². The Kier molecular flexibility index (Phi) is 6.45. The average molecular weight is 401 g/mol. The van der Waals surface area contributed by atoms with Crippen molar-refractivity contribution in [1.82, 2.24) is 5.32 Å². The van der Waals surface area contributed by atoms with Crippen LogP contribution in [0.15, 0.2) is 48.5 Å². The number of benzene rings is 2. The van der Waals surface area contributed by atoms with Crippen molar-refractivity contribution >= 4 is 23.4 Å². The molecule has 0 fully saturated rings. The zero-order valence-electron chi connectivity index (χ0n) is 13.8. The van der Waals surface area contributed by atoms with E-state index in [4.69, 9.17) is 17.3 Å². The number of hydrogen-bond donors (Lipinski definition) is 3. The third-order valence-corrected chi connectivity index (χ3v) is 4.21. The smallest absolute Gasteiger partial charge is 0.378 e. The molecule has 0 aliphatic carbocycles. The highest BCUT2D eigenvalue weighted by atomic mass is 35.5. The molecule has 144 valence electrons. The fourth-order valence-electron chi connectivity index (χ4n) is 2.36. The second kappa shape index (κ2) is 8.41. The summed E-state index contributed by atoms with van der Waals surface area (Å²) in [4.78, 5) is 23.8. The Bertz CT molecular complexity index is 825. The van der Waals surface area contributed by atoms with Crippen molar-refractivity contribution in [3.63, 3.8) is 0 Å². The number of hydrogen-bond acceptors (Lipinski definition) is 3. The van der Waals surface area contributed by atoms with Gasteiger partial charge in [0.1, 0.15) is 6.04 Å². The van der Waals surface area contributed by atoms with Crippen LogP contribution in [0.4, 0.5) is 13.2 Å². The van der Waals surface area contributed by atoms with Crippen molar-refractivity contribution in [2.45, 2.75) is 24.7 Å². The second-order valence-electron chi connectivity index (χ2n) is 5.78. The molecule has 2 aromatic rings. The molecule has 0 radical (unpaired) electrons. The maximum absolute atomic E-state index is 12.6. The van der Waals surface area contributed by atoms with Crippen LogP contribution in [0.2, 0.25) is 5.02 Å². The number of amides is 2. The van der Waals surface area contributed by atoms with Gasteiger partial charge in [0.15, 0.2) is 6.10 Å². The lowest BCUT2D eigenvalue weighted by atomic mass is 10.0. The number of rotatable bonds is 6. The molecule has 2 amide bonds. The Morgan fingerprint density at radius 1 is 1.11 bits per heavy atom. The zero-order chi connectivity index (χ0) is 20.2. The summed E-state index contributed by atoms with van der Waals surface area (Å²) in [5.41, 5.74) is 4.88. The Morgan fingerprint density at radius 2 is 1.70 bits per heavy atom. The number of halogens is 4. The molecule has 4 N–H and O–H groups in total. The van der Waals surface area contributed by atoms with E-state index in [0.29, 0.717) is 10.6 Å². The van der Waals surface area contributed by atoms with Crippen molar-refractivity contribution < 1.29 is 27.9 Å². The largest absolute Gasteiger partial charge is 0.416 e. The summed E-state index contributed by atoms with van der Waals surface area (Å²) in [5, 5.41) is 12.7. The average Bonchev–Trinajstić information content (AvgIpc) is 2.61. The van der Waals surface area contributed by atoms with E-state index in [1.165, 1.54) is 0 Å². The van der Waals surface area contributed by atoms with Crippen molar-refractivity contribution in [3.8, 4) is 0 Å². The van der Waals surface area contributed by atoms with Crippen LogP contribution in [0.25, 0.3) is 0 Å². The Balaban J connectivity index is 2.10. The molecular formula is C18H16ClF3N2O3. The minimum Gasteiger partial charge on any atom is -0.378 e. The van der Waals surface area contributed by atoms with Crippen LogP contribution < -0.4 is 11.1 Å². The van der Waals surface area contributed by atoms with Crippen LogP contribution in [0.3, 0.4) is 0 Å².